The molecule has 0 spiro atoms. The third-order valence-electron chi connectivity index (χ3n) is 3.52. The molecule has 1 aromatic heterocycles. The first-order valence-electron chi connectivity index (χ1n) is 6.54. The quantitative estimate of drug-likeness (QED) is 0.783. The predicted molar refractivity (Wildman–Crippen MR) is 70.2 cm³/mol. The number of rotatable bonds is 7. The van der Waals surface area contributed by atoms with E-state index in [0.717, 1.165) is 19.3 Å². The number of hydrogen-bond donors (Lipinski definition) is 2. The average molecular weight is 265 g/mol. The minimum Gasteiger partial charge on any atom is -0.481 e. The fourth-order valence-electron chi connectivity index (χ4n) is 2.35. The van der Waals surface area contributed by atoms with Crippen molar-refractivity contribution in [2.24, 2.45) is 5.41 Å². The summed E-state index contributed by atoms with van der Waals surface area (Å²) in [5.74, 6) is 0.468. The molecule has 0 aliphatic heterocycles. The highest BCUT2D eigenvalue weighted by Crippen LogP contribution is 2.43. The van der Waals surface area contributed by atoms with Gasteiger partial charge < -0.3 is 15.2 Å². The van der Waals surface area contributed by atoms with E-state index in [1.807, 2.05) is 6.92 Å². The number of nitrogens with zero attached hydrogens (tertiary/aromatic N) is 2. The highest BCUT2D eigenvalue weighted by atomic mass is 16.5. The van der Waals surface area contributed by atoms with Crippen molar-refractivity contribution in [3.05, 3.63) is 12.4 Å². The van der Waals surface area contributed by atoms with E-state index in [4.69, 9.17) is 9.84 Å². The molecule has 1 aliphatic rings. The SMILES string of the molecule is CCOc1cc(NCC2(CC(=O)O)CCC2)ncn1. The van der Waals surface area contributed by atoms with Crippen LogP contribution >= 0.6 is 0 Å². The fourth-order valence-corrected chi connectivity index (χ4v) is 2.35. The molecule has 2 N–H and O–H groups in total. The zero-order chi connectivity index (χ0) is 13.7. The van der Waals surface area contributed by atoms with E-state index in [1.165, 1.54) is 6.33 Å². The van der Waals surface area contributed by atoms with Crippen molar-refractivity contribution in [2.45, 2.75) is 32.6 Å². The second kappa shape index (κ2) is 5.86. The van der Waals surface area contributed by atoms with Crippen molar-refractivity contribution in [1.82, 2.24) is 9.97 Å². The van der Waals surface area contributed by atoms with Gasteiger partial charge in [0, 0.05) is 12.6 Å². The molecule has 0 bridgehead atoms. The second-order valence-electron chi connectivity index (χ2n) is 4.95. The highest BCUT2D eigenvalue weighted by molar-refractivity contribution is 5.68. The number of carboxylic acids is 1. The number of ether oxygens (including phenoxy) is 1. The normalized spacial score (nSPS) is 16.5. The van der Waals surface area contributed by atoms with Crippen LogP contribution in [0.3, 0.4) is 0 Å². The van der Waals surface area contributed by atoms with E-state index in [1.54, 1.807) is 6.07 Å². The maximum Gasteiger partial charge on any atom is 0.303 e. The molecule has 104 valence electrons. The standard InChI is InChI=1S/C13H19N3O3/c1-2-19-11-6-10(15-9-16-11)14-8-13(4-3-5-13)7-12(17)18/h6,9H,2-5,7-8H2,1H3,(H,17,18)(H,14,15,16). The van der Waals surface area contributed by atoms with Crippen LogP contribution in [0.25, 0.3) is 0 Å². The van der Waals surface area contributed by atoms with Gasteiger partial charge in [0.25, 0.3) is 0 Å². The number of aliphatic carboxylic acids is 1. The van der Waals surface area contributed by atoms with E-state index in [-0.39, 0.29) is 11.8 Å². The summed E-state index contributed by atoms with van der Waals surface area (Å²) in [6.45, 7) is 3.08. The fraction of sp³-hybridized carbons (Fsp3) is 0.615. The van der Waals surface area contributed by atoms with Gasteiger partial charge in [0.1, 0.15) is 12.1 Å². The van der Waals surface area contributed by atoms with Gasteiger partial charge in [-0.15, -0.1) is 0 Å². The van der Waals surface area contributed by atoms with E-state index in [0.29, 0.717) is 24.8 Å². The largest absolute Gasteiger partial charge is 0.481 e. The lowest BCUT2D eigenvalue weighted by atomic mass is 9.66. The summed E-state index contributed by atoms with van der Waals surface area (Å²) >= 11 is 0. The third kappa shape index (κ3) is 3.56. The van der Waals surface area contributed by atoms with E-state index < -0.39 is 5.97 Å². The van der Waals surface area contributed by atoms with Gasteiger partial charge in [-0.1, -0.05) is 6.42 Å². The topological polar surface area (TPSA) is 84.3 Å². The van der Waals surface area contributed by atoms with E-state index in [2.05, 4.69) is 15.3 Å². The molecule has 0 aromatic carbocycles. The highest BCUT2D eigenvalue weighted by Gasteiger charge is 2.38. The second-order valence-corrected chi connectivity index (χ2v) is 4.95. The molecule has 1 aliphatic carbocycles. The molecular formula is C13H19N3O3. The van der Waals surface area contributed by atoms with Gasteiger partial charge in [-0.3, -0.25) is 4.79 Å². The number of anilines is 1. The molecular weight excluding hydrogens is 246 g/mol. The summed E-state index contributed by atoms with van der Waals surface area (Å²) in [7, 11) is 0. The Morgan fingerprint density at radius 1 is 1.53 bits per heavy atom. The van der Waals surface area contributed by atoms with Gasteiger partial charge in [0.15, 0.2) is 0 Å². The summed E-state index contributed by atoms with van der Waals surface area (Å²) in [4.78, 5) is 19.0. The third-order valence-corrected chi connectivity index (χ3v) is 3.52. The minimum atomic E-state index is -0.737. The summed E-state index contributed by atoms with van der Waals surface area (Å²) in [6.07, 6.45) is 4.66. The average Bonchev–Trinajstić information content (AvgIpc) is 2.33. The zero-order valence-corrected chi connectivity index (χ0v) is 11.1. The molecule has 1 heterocycles. The summed E-state index contributed by atoms with van der Waals surface area (Å²) in [6, 6.07) is 1.73. The van der Waals surface area contributed by atoms with Crippen LogP contribution in [0.1, 0.15) is 32.6 Å². The van der Waals surface area contributed by atoms with Crippen molar-refractivity contribution in [2.75, 3.05) is 18.5 Å². The Bertz CT molecular complexity index is 447. The zero-order valence-electron chi connectivity index (χ0n) is 11.1. The lowest BCUT2D eigenvalue weighted by Gasteiger charge is -2.41. The Hall–Kier alpha value is -1.85. The monoisotopic (exact) mass is 265 g/mol. The molecule has 0 atom stereocenters. The first-order chi connectivity index (χ1) is 9.13. The van der Waals surface area contributed by atoms with Crippen LogP contribution in [0.15, 0.2) is 12.4 Å². The molecule has 0 radical (unpaired) electrons. The summed E-state index contributed by atoms with van der Waals surface area (Å²) in [5.41, 5.74) is -0.122. The van der Waals surface area contributed by atoms with Crippen LogP contribution in [0.4, 0.5) is 5.82 Å². The van der Waals surface area contributed by atoms with Gasteiger partial charge in [-0.2, -0.15) is 0 Å². The Kier molecular flexibility index (Phi) is 4.19. The number of nitrogens with one attached hydrogen (secondary N) is 1. The first-order valence-corrected chi connectivity index (χ1v) is 6.54. The Labute approximate surface area is 112 Å². The maximum atomic E-state index is 10.9. The van der Waals surface area contributed by atoms with Crippen molar-refractivity contribution in [3.8, 4) is 5.88 Å². The van der Waals surface area contributed by atoms with Gasteiger partial charge in [-0.25, -0.2) is 9.97 Å². The number of hydrogen-bond acceptors (Lipinski definition) is 5. The molecule has 1 aromatic rings. The molecule has 0 saturated heterocycles. The van der Waals surface area contributed by atoms with Gasteiger partial charge in [0.05, 0.1) is 13.0 Å². The lowest BCUT2D eigenvalue weighted by molar-refractivity contribution is -0.141. The Morgan fingerprint density at radius 3 is 2.89 bits per heavy atom. The molecule has 0 unspecified atom stereocenters. The van der Waals surface area contributed by atoms with E-state index in [9.17, 15) is 4.79 Å². The predicted octanol–water partition coefficient (Wildman–Crippen LogP) is 1.93. The van der Waals surface area contributed by atoms with Gasteiger partial charge in [0.2, 0.25) is 5.88 Å². The summed E-state index contributed by atoms with van der Waals surface area (Å²) < 4.78 is 5.30. The Morgan fingerprint density at radius 2 is 2.32 bits per heavy atom. The van der Waals surface area contributed by atoms with Crippen LogP contribution in [0, 0.1) is 5.41 Å². The van der Waals surface area contributed by atoms with Crippen LogP contribution < -0.4 is 10.1 Å². The van der Waals surface area contributed by atoms with Gasteiger partial charge in [-0.05, 0) is 25.2 Å². The molecule has 1 fully saturated rings. The van der Waals surface area contributed by atoms with Crippen LogP contribution in [-0.2, 0) is 4.79 Å². The Balaban J connectivity index is 1.93. The summed E-state index contributed by atoms with van der Waals surface area (Å²) in [5, 5.41) is 12.1. The van der Waals surface area contributed by atoms with Crippen LogP contribution in [0.5, 0.6) is 5.88 Å². The van der Waals surface area contributed by atoms with Crippen molar-refractivity contribution in [1.29, 1.82) is 0 Å². The van der Waals surface area contributed by atoms with Crippen molar-refractivity contribution in [3.63, 3.8) is 0 Å². The smallest absolute Gasteiger partial charge is 0.303 e. The number of aromatic nitrogens is 2. The molecule has 6 heteroatoms. The molecule has 0 amide bonds. The van der Waals surface area contributed by atoms with Crippen LogP contribution in [0.2, 0.25) is 0 Å². The molecule has 6 nitrogen and oxygen atoms in total. The van der Waals surface area contributed by atoms with Crippen molar-refractivity contribution < 1.29 is 14.6 Å². The van der Waals surface area contributed by atoms with Crippen LogP contribution in [-0.4, -0.2) is 34.2 Å². The molecule has 1 saturated carbocycles. The minimum absolute atomic E-state index is 0.122. The first kappa shape index (κ1) is 13.6. The molecule has 2 rings (SSSR count). The molecule has 19 heavy (non-hydrogen) atoms. The van der Waals surface area contributed by atoms with E-state index >= 15 is 0 Å². The number of carbonyl (C=O) groups is 1. The maximum absolute atomic E-state index is 10.9. The van der Waals surface area contributed by atoms with Crippen molar-refractivity contribution >= 4 is 11.8 Å². The lowest BCUT2D eigenvalue weighted by Crippen LogP contribution is -2.38. The van der Waals surface area contributed by atoms with Gasteiger partial charge >= 0.3 is 5.97 Å². The number of carboxylic acid groups (broad SMARTS) is 1.